The van der Waals surface area contributed by atoms with Crippen molar-refractivity contribution in [2.75, 3.05) is 36.0 Å². The highest BCUT2D eigenvalue weighted by Gasteiger charge is 2.20. The van der Waals surface area contributed by atoms with Gasteiger partial charge in [-0.2, -0.15) is 5.34 Å². The van der Waals surface area contributed by atoms with E-state index in [4.69, 9.17) is 0 Å². The summed E-state index contributed by atoms with van der Waals surface area (Å²) in [6, 6.07) is 49.1. The van der Waals surface area contributed by atoms with Gasteiger partial charge in [-0.05, 0) is 92.4 Å². The predicted octanol–water partition coefficient (Wildman–Crippen LogP) is 12.4. The topological polar surface area (TPSA) is 92.8 Å². The highest BCUT2D eigenvalue weighted by atomic mass is 35.5. The van der Waals surface area contributed by atoms with Crippen molar-refractivity contribution in [2.45, 2.75) is 79.1 Å². The molecule has 10 heteroatoms. The van der Waals surface area contributed by atoms with E-state index in [1.54, 1.807) is 6.07 Å². The van der Waals surface area contributed by atoms with Crippen molar-refractivity contribution in [3.63, 3.8) is 0 Å². The Labute approximate surface area is 350 Å². The number of unbranched alkanes of at least 4 members (excludes halogenated alkanes) is 4. The van der Waals surface area contributed by atoms with Gasteiger partial charge in [-0.25, -0.2) is 0 Å². The molecule has 0 bridgehead atoms. The summed E-state index contributed by atoms with van der Waals surface area (Å²) in [5, 5.41) is 27.9. The number of nitro groups is 2. The van der Waals surface area contributed by atoms with E-state index in [9.17, 15) is 20.2 Å². The maximum absolute atomic E-state index is 12.4. The Morgan fingerprint density at radius 2 is 0.930 bits per heavy atom. The summed E-state index contributed by atoms with van der Waals surface area (Å²) in [5.41, 5.74) is 1.36. The number of rotatable bonds is 16. The zero-order valence-corrected chi connectivity index (χ0v) is 34.4. The van der Waals surface area contributed by atoms with Crippen LogP contribution in [0.2, 0.25) is 0 Å². The van der Waals surface area contributed by atoms with Crippen LogP contribution in [-0.2, 0) is 0 Å². The summed E-state index contributed by atoms with van der Waals surface area (Å²) < 4.78 is 0. The minimum atomic E-state index is -0.490. The SMILES string of the molecule is CCCCN(CCCC)c1ccc2c#cc#cc3cc(N(CCCC)CCCC)c([N+](=O)[O-])cc3c#cc#cc3ccc([N+](=O)[O-])cc3c#cc#cc2c1.Cl[CH-]Cl.[H+]. The van der Waals surface area contributed by atoms with Gasteiger partial charge < -0.3 is 33.0 Å². The van der Waals surface area contributed by atoms with Crippen molar-refractivity contribution in [1.82, 2.24) is 0 Å². The summed E-state index contributed by atoms with van der Waals surface area (Å²) >= 11 is 9.28. The van der Waals surface area contributed by atoms with E-state index < -0.39 is 4.92 Å². The Bertz CT molecular complexity index is 2100. The maximum atomic E-state index is 12.4. The van der Waals surface area contributed by atoms with Crippen LogP contribution in [0.5, 0.6) is 0 Å². The van der Waals surface area contributed by atoms with Crippen LogP contribution in [0.3, 0.4) is 0 Å². The minimum absolute atomic E-state index is 0. The lowest BCUT2D eigenvalue weighted by Crippen LogP contribution is -2.26. The Morgan fingerprint density at radius 3 is 1.37 bits per heavy atom. The van der Waals surface area contributed by atoms with Crippen molar-refractivity contribution < 1.29 is 11.3 Å². The molecule has 0 atom stereocenters. The first-order valence-electron chi connectivity index (χ1n) is 19.0. The number of nitrogens with zero attached hydrogens (tertiary/aromatic N) is 4. The lowest BCUT2D eigenvalue weighted by molar-refractivity contribution is -0.384. The van der Waals surface area contributed by atoms with Crippen LogP contribution >= 0.6 is 23.2 Å². The van der Waals surface area contributed by atoms with Crippen LogP contribution in [0.4, 0.5) is 22.7 Å². The minimum Gasteiger partial charge on any atom is -0.372 e. The number of hydrogen-bond acceptors (Lipinski definition) is 6. The average molecular weight is 802 g/mol. The molecule has 0 fully saturated rings. The Hall–Kier alpha value is -6.00. The number of fused-ring (bicyclic) bond motifs is 3. The molecule has 0 amide bonds. The van der Waals surface area contributed by atoms with Gasteiger partial charge >= 0.3 is 1.43 Å². The van der Waals surface area contributed by atoms with Gasteiger partial charge in [0.1, 0.15) is 5.69 Å². The lowest BCUT2D eigenvalue weighted by Gasteiger charge is -2.24. The molecule has 4 aromatic rings. The van der Waals surface area contributed by atoms with Gasteiger partial charge in [0.2, 0.25) is 0 Å². The average Bonchev–Trinajstić information content (AvgIpc) is 3.20. The highest BCUT2D eigenvalue weighted by molar-refractivity contribution is 6.47. The normalized spacial score (nSPS) is 9.58. The molecule has 0 aliphatic heterocycles. The van der Waals surface area contributed by atoms with Crippen molar-refractivity contribution >= 4 is 78.3 Å². The van der Waals surface area contributed by atoms with Crippen LogP contribution in [-0.4, -0.2) is 36.0 Å². The number of non-ortho nitro benzene ring substituents is 1. The van der Waals surface area contributed by atoms with Gasteiger partial charge in [-0.1, -0.05) is 89.8 Å². The second kappa shape index (κ2) is 25.2. The molecule has 0 spiro atoms. The van der Waals surface area contributed by atoms with Gasteiger partial charge in [0.05, 0.1) is 9.85 Å². The van der Waals surface area contributed by atoms with Crippen molar-refractivity contribution in [2.24, 2.45) is 0 Å². The van der Waals surface area contributed by atoms with Gasteiger partial charge in [0.25, 0.3) is 11.4 Å². The molecule has 0 heterocycles. The van der Waals surface area contributed by atoms with Crippen molar-refractivity contribution in [1.29, 1.82) is 0 Å². The van der Waals surface area contributed by atoms with E-state index in [2.05, 4.69) is 140 Å². The standard InChI is InChI=1S/C46H44N4O4.CHCl2/c1-5-9-29-47(30-10-6-2)43-27-25-37-19-13-15-23-41-35-45(48(31-11-7-3)32-12-8-4)46(50(53)54)36-42(41)24-16-14-20-38-26-28-44(49(51)52)34-40(38)22-18-17-21-39(37)33-43;2-1-3/h25-28,33-36H,5-12,29-32H2,1-4H3;1H/q;-1/p+1. The van der Waals surface area contributed by atoms with E-state index in [-0.39, 0.29) is 17.7 Å². The number of hydrogen-bond donors (Lipinski definition) is 0. The molecule has 0 unspecified atom stereocenters. The Kier molecular flexibility index (Phi) is 20.1. The molecule has 0 saturated heterocycles. The van der Waals surface area contributed by atoms with Crippen LogP contribution in [0.1, 0.15) is 80.5 Å². The molecule has 0 aromatic heterocycles. The first-order valence-corrected chi connectivity index (χ1v) is 19.9. The van der Waals surface area contributed by atoms with Crippen LogP contribution in [0, 0.1) is 98.4 Å². The van der Waals surface area contributed by atoms with Crippen LogP contribution in [0.15, 0.2) is 48.5 Å². The zero-order valence-electron chi connectivity index (χ0n) is 33.9. The van der Waals surface area contributed by atoms with Crippen molar-refractivity contribution in [3.8, 4) is 0 Å². The third kappa shape index (κ3) is 14.5. The summed E-state index contributed by atoms with van der Waals surface area (Å²) in [6.45, 7) is 11.7. The molecule has 4 rings (SSSR count). The van der Waals surface area contributed by atoms with Gasteiger partial charge in [0.15, 0.2) is 0 Å². The Morgan fingerprint density at radius 1 is 0.544 bits per heavy atom. The molecule has 0 aliphatic rings. The molecule has 0 saturated carbocycles. The molecule has 4 aromatic carbocycles. The van der Waals surface area contributed by atoms with Gasteiger partial charge in [-0.15, -0.1) is 0 Å². The van der Waals surface area contributed by atoms with E-state index in [1.165, 1.54) is 24.3 Å². The molecule has 0 aliphatic carbocycles. The smallest absolute Gasteiger partial charge is 0.372 e. The first-order chi connectivity index (χ1) is 27.7. The predicted molar refractivity (Wildman–Crippen MR) is 232 cm³/mol. The molecule has 292 valence electrons. The van der Waals surface area contributed by atoms with E-state index >= 15 is 0 Å². The molecule has 0 radical (unpaired) electrons. The monoisotopic (exact) mass is 800 g/mol. The second-order valence-corrected chi connectivity index (χ2v) is 13.5. The maximum Gasteiger partial charge on any atom is 1.00 e. The van der Waals surface area contributed by atoms with Crippen molar-refractivity contribution in [3.05, 3.63) is 147 Å². The molecule has 57 heavy (non-hydrogen) atoms. The third-order valence-corrected chi connectivity index (χ3v) is 8.73. The number of benzene rings is 3. The fraction of sp³-hybridized carbons (Fsp3) is 0.340. The largest absolute Gasteiger partial charge is 1.00 e. The number of nitro benzene ring substituents is 2. The fourth-order valence-electron chi connectivity index (χ4n) is 5.69. The summed E-state index contributed by atoms with van der Waals surface area (Å²) in [6.07, 6.45) is 7.96. The van der Waals surface area contributed by atoms with E-state index in [0.29, 0.717) is 51.1 Å². The zero-order chi connectivity index (χ0) is 41.4. The van der Waals surface area contributed by atoms with E-state index in [1.807, 2.05) is 12.1 Å². The summed E-state index contributed by atoms with van der Waals surface area (Å²) in [5.74, 6) is 0. The van der Waals surface area contributed by atoms with Gasteiger partial charge in [0, 0.05) is 82.4 Å². The van der Waals surface area contributed by atoms with E-state index in [0.717, 1.165) is 75.5 Å². The molecular weight excluding hydrogens is 755 g/mol. The molecule has 0 N–H and O–H groups in total. The quantitative estimate of drug-likeness (QED) is 0.0636. The highest BCUT2D eigenvalue weighted by Crippen LogP contribution is 2.32. The first kappa shape index (κ1) is 45.4. The lowest BCUT2D eigenvalue weighted by atomic mass is 10.1. The summed E-state index contributed by atoms with van der Waals surface area (Å²) in [7, 11) is 0. The van der Waals surface area contributed by atoms with Gasteiger partial charge in [-0.3, -0.25) is 20.2 Å². The Balaban J connectivity index is 0.00000281. The van der Waals surface area contributed by atoms with Crippen LogP contribution in [0.25, 0.3) is 32.3 Å². The third-order valence-electron chi connectivity index (χ3n) is 8.73. The number of anilines is 2. The molecule has 8 nitrogen and oxygen atoms in total. The fourth-order valence-corrected chi connectivity index (χ4v) is 5.69. The number of halogens is 2. The second-order valence-electron chi connectivity index (χ2n) is 12.8. The van der Waals surface area contributed by atoms with Crippen LogP contribution < -0.4 is 9.80 Å². The molecular formula is C47H46Cl2N4O4. The summed E-state index contributed by atoms with van der Waals surface area (Å²) in [4.78, 5) is 27.6.